The standard InChI is InChI=1S/C16H10ClFN2O3/c17-9-3-6-12-11(7-9)13(14(23-12)15(19)21)20-16(22)8-1-4-10(18)5-2-8/h1-7H,(H2,19,21)(H,20,22). The highest BCUT2D eigenvalue weighted by Gasteiger charge is 2.21. The Hall–Kier alpha value is -2.86. The fourth-order valence-corrected chi connectivity index (χ4v) is 2.33. The van der Waals surface area contributed by atoms with E-state index in [9.17, 15) is 14.0 Å². The summed E-state index contributed by atoms with van der Waals surface area (Å²) in [5.74, 6) is -2.00. The van der Waals surface area contributed by atoms with Crippen molar-refractivity contribution < 1.29 is 18.4 Å². The van der Waals surface area contributed by atoms with E-state index in [1.54, 1.807) is 18.2 Å². The van der Waals surface area contributed by atoms with Gasteiger partial charge in [0.05, 0.1) is 0 Å². The summed E-state index contributed by atoms with van der Waals surface area (Å²) in [5.41, 5.74) is 5.99. The van der Waals surface area contributed by atoms with Crippen LogP contribution in [0.2, 0.25) is 5.02 Å². The molecule has 0 fully saturated rings. The Balaban J connectivity index is 2.05. The lowest BCUT2D eigenvalue weighted by Gasteiger charge is -2.05. The third-order valence-corrected chi connectivity index (χ3v) is 3.45. The first-order chi connectivity index (χ1) is 11.0. The number of hydrogen-bond acceptors (Lipinski definition) is 3. The summed E-state index contributed by atoms with van der Waals surface area (Å²) in [5, 5.41) is 3.42. The smallest absolute Gasteiger partial charge is 0.286 e. The molecule has 1 aromatic heterocycles. The number of nitrogens with one attached hydrogen (secondary N) is 1. The molecule has 3 rings (SSSR count). The highest BCUT2D eigenvalue weighted by atomic mass is 35.5. The summed E-state index contributed by atoms with van der Waals surface area (Å²) in [7, 11) is 0. The number of furan rings is 1. The summed E-state index contributed by atoms with van der Waals surface area (Å²) in [6, 6.07) is 9.67. The maximum Gasteiger partial charge on any atom is 0.286 e. The molecule has 0 aliphatic heterocycles. The molecule has 116 valence electrons. The average molecular weight is 333 g/mol. The first-order valence-electron chi connectivity index (χ1n) is 6.54. The Kier molecular flexibility index (Phi) is 3.75. The summed E-state index contributed by atoms with van der Waals surface area (Å²) < 4.78 is 18.3. The second-order valence-corrected chi connectivity index (χ2v) is 5.21. The normalized spacial score (nSPS) is 10.7. The van der Waals surface area contributed by atoms with Gasteiger partial charge in [0.25, 0.3) is 11.8 Å². The van der Waals surface area contributed by atoms with Crippen molar-refractivity contribution in [3.05, 3.63) is 64.6 Å². The van der Waals surface area contributed by atoms with Crippen molar-refractivity contribution in [2.45, 2.75) is 0 Å². The number of anilines is 1. The molecular weight excluding hydrogens is 323 g/mol. The van der Waals surface area contributed by atoms with E-state index >= 15 is 0 Å². The molecular formula is C16H10ClFN2O3. The van der Waals surface area contributed by atoms with Gasteiger partial charge in [0.15, 0.2) is 0 Å². The summed E-state index contributed by atoms with van der Waals surface area (Å²) in [6.07, 6.45) is 0. The van der Waals surface area contributed by atoms with Crippen LogP contribution in [0, 0.1) is 5.82 Å². The third kappa shape index (κ3) is 2.89. The van der Waals surface area contributed by atoms with E-state index in [0.29, 0.717) is 16.0 Å². The van der Waals surface area contributed by atoms with Gasteiger partial charge in [-0.2, -0.15) is 0 Å². The van der Waals surface area contributed by atoms with Crippen LogP contribution in [0.15, 0.2) is 46.9 Å². The van der Waals surface area contributed by atoms with Crippen LogP contribution < -0.4 is 11.1 Å². The predicted molar refractivity (Wildman–Crippen MR) is 84.1 cm³/mol. The fourth-order valence-electron chi connectivity index (χ4n) is 2.15. The van der Waals surface area contributed by atoms with E-state index in [0.717, 1.165) is 12.1 Å². The summed E-state index contributed by atoms with van der Waals surface area (Å²) >= 11 is 5.94. The van der Waals surface area contributed by atoms with Crippen LogP contribution in [0.4, 0.5) is 10.1 Å². The first kappa shape index (κ1) is 15.1. The highest BCUT2D eigenvalue weighted by molar-refractivity contribution is 6.31. The quantitative estimate of drug-likeness (QED) is 0.768. The van der Waals surface area contributed by atoms with Gasteiger partial charge in [0.1, 0.15) is 17.1 Å². The molecule has 3 N–H and O–H groups in total. The number of carbonyl (C=O) groups is 2. The number of nitrogens with two attached hydrogens (primary N) is 1. The van der Waals surface area contributed by atoms with Gasteiger partial charge in [0.2, 0.25) is 5.76 Å². The Morgan fingerprint density at radius 2 is 1.83 bits per heavy atom. The minimum atomic E-state index is -0.827. The average Bonchev–Trinajstić information content (AvgIpc) is 2.86. The minimum absolute atomic E-state index is 0.129. The van der Waals surface area contributed by atoms with Crippen LogP contribution in [-0.2, 0) is 0 Å². The van der Waals surface area contributed by atoms with E-state index < -0.39 is 17.6 Å². The molecule has 7 heteroatoms. The summed E-state index contributed by atoms with van der Waals surface area (Å²) in [4.78, 5) is 23.8. The maximum absolute atomic E-state index is 12.9. The largest absolute Gasteiger partial charge is 0.449 e. The summed E-state index contributed by atoms with van der Waals surface area (Å²) in [6.45, 7) is 0. The predicted octanol–water partition coefficient (Wildman–Crippen LogP) is 3.58. The molecule has 0 radical (unpaired) electrons. The molecule has 0 aliphatic rings. The molecule has 23 heavy (non-hydrogen) atoms. The van der Waals surface area contributed by atoms with E-state index in [2.05, 4.69) is 5.32 Å². The van der Waals surface area contributed by atoms with Gasteiger partial charge >= 0.3 is 0 Å². The van der Waals surface area contributed by atoms with Crippen molar-refractivity contribution in [3.63, 3.8) is 0 Å². The van der Waals surface area contributed by atoms with Crippen molar-refractivity contribution >= 4 is 40.1 Å². The zero-order valence-electron chi connectivity index (χ0n) is 11.6. The molecule has 0 spiro atoms. The Bertz CT molecular complexity index is 919. The van der Waals surface area contributed by atoms with Crippen molar-refractivity contribution in [1.29, 1.82) is 0 Å². The number of carbonyl (C=O) groups excluding carboxylic acids is 2. The molecule has 0 saturated heterocycles. The second-order valence-electron chi connectivity index (χ2n) is 4.77. The molecule has 0 aliphatic carbocycles. The minimum Gasteiger partial charge on any atom is -0.449 e. The van der Waals surface area contributed by atoms with Crippen molar-refractivity contribution in [1.82, 2.24) is 0 Å². The second kappa shape index (κ2) is 5.73. The van der Waals surface area contributed by atoms with E-state index in [1.807, 2.05) is 0 Å². The number of primary amides is 1. The van der Waals surface area contributed by atoms with E-state index in [1.165, 1.54) is 12.1 Å². The van der Waals surface area contributed by atoms with Gasteiger partial charge in [0, 0.05) is 16.0 Å². The van der Waals surface area contributed by atoms with Crippen LogP contribution in [0.1, 0.15) is 20.9 Å². The lowest BCUT2D eigenvalue weighted by Crippen LogP contribution is -2.17. The van der Waals surface area contributed by atoms with Crippen LogP contribution in [0.3, 0.4) is 0 Å². The van der Waals surface area contributed by atoms with Crippen LogP contribution in [0.25, 0.3) is 11.0 Å². The van der Waals surface area contributed by atoms with Gasteiger partial charge < -0.3 is 15.5 Å². The van der Waals surface area contributed by atoms with Crippen LogP contribution in [-0.4, -0.2) is 11.8 Å². The van der Waals surface area contributed by atoms with Gasteiger partial charge in [-0.1, -0.05) is 11.6 Å². The van der Waals surface area contributed by atoms with Gasteiger partial charge in [-0.05, 0) is 42.5 Å². The number of fused-ring (bicyclic) bond motifs is 1. The lowest BCUT2D eigenvalue weighted by molar-refractivity contribution is 0.0977. The maximum atomic E-state index is 12.9. The van der Waals surface area contributed by atoms with Crippen LogP contribution in [0.5, 0.6) is 0 Å². The molecule has 2 amide bonds. The molecule has 1 heterocycles. The number of hydrogen-bond donors (Lipinski definition) is 2. The molecule has 0 bridgehead atoms. The van der Waals surface area contributed by atoms with Crippen molar-refractivity contribution in [2.24, 2.45) is 5.73 Å². The highest BCUT2D eigenvalue weighted by Crippen LogP contribution is 2.33. The Labute approximate surface area is 134 Å². The van der Waals surface area contributed by atoms with E-state index in [4.69, 9.17) is 21.8 Å². The SMILES string of the molecule is NC(=O)c1oc2ccc(Cl)cc2c1NC(=O)c1ccc(F)cc1. The lowest BCUT2D eigenvalue weighted by atomic mass is 10.1. The number of benzene rings is 2. The fraction of sp³-hybridized carbons (Fsp3) is 0. The third-order valence-electron chi connectivity index (χ3n) is 3.22. The van der Waals surface area contributed by atoms with Crippen molar-refractivity contribution in [3.8, 4) is 0 Å². The number of halogens is 2. The molecule has 0 unspecified atom stereocenters. The van der Waals surface area contributed by atoms with Gasteiger partial charge in [-0.25, -0.2) is 4.39 Å². The van der Waals surface area contributed by atoms with Gasteiger partial charge in [-0.3, -0.25) is 9.59 Å². The number of rotatable bonds is 3. The first-order valence-corrected chi connectivity index (χ1v) is 6.92. The molecule has 5 nitrogen and oxygen atoms in total. The Morgan fingerprint density at radius 1 is 1.13 bits per heavy atom. The van der Waals surface area contributed by atoms with Crippen molar-refractivity contribution in [2.75, 3.05) is 5.32 Å². The topological polar surface area (TPSA) is 85.3 Å². The molecule has 2 aromatic carbocycles. The number of amides is 2. The molecule has 0 atom stereocenters. The molecule has 0 saturated carbocycles. The van der Waals surface area contributed by atoms with Crippen LogP contribution >= 0.6 is 11.6 Å². The molecule has 3 aromatic rings. The Morgan fingerprint density at radius 3 is 2.48 bits per heavy atom. The zero-order chi connectivity index (χ0) is 16.6. The monoisotopic (exact) mass is 332 g/mol. The van der Waals surface area contributed by atoms with Gasteiger partial charge in [-0.15, -0.1) is 0 Å². The zero-order valence-corrected chi connectivity index (χ0v) is 12.4. The van der Waals surface area contributed by atoms with E-state index in [-0.39, 0.29) is 17.0 Å².